The number of methoxy groups -OCH3 is 1. The third-order valence-corrected chi connectivity index (χ3v) is 3.04. The number of aromatic nitrogens is 2. The molecule has 0 spiro atoms. The number of nitrogens with zero attached hydrogens (tertiary/aromatic N) is 2. The molecular weight excluding hydrogens is 270 g/mol. The molecule has 0 aliphatic carbocycles. The Kier molecular flexibility index (Phi) is 5.16. The van der Waals surface area contributed by atoms with E-state index >= 15 is 0 Å². The van der Waals surface area contributed by atoms with Gasteiger partial charge in [0.2, 0.25) is 11.7 Å². The predicted molar refractivity (Wildman–Crippen MR) is 78.2 cm³/mol. The van der Waals surface area contributed by atoms with Gasteiger partial charge in [0.1, 0.15) is 0 Å². The van der Waals surface area contributed by atoms with Crippen LogP contribution in [-0.2, 0) is 13.0 Å². The summed E-state index contributed by atoms with van der Waals surface area (Å²) >= 11 is 0. The molecule has 0 fully saturated rings. The minimum absolute atomic E-state index is 0.0539. The molecule has 2 N–H and O–H groups in total. The molecule has 1 aromatic carbocycles. The molecule has 2 rings (SSSR count). The second-order valence-electron chi connectivity index (χ2n) is 4.84. The quantitative estimate of drug-likeness (QED) is 0.844. The second kappa shape index (κ2) is 7.08. The summed E-state index contributed by atoms with van der Waals surface area (Å²) in [5.41, 5.74) is 6.84. The zero-order chi connectivity index (χ0) is 15.2. The minimum Gasteiger partial charge on any atom is -0.493 e. The fourth-order valence-electron chi connectivity index (χ4n) is 1.89. The van der Waals surface area contributed by atoms with Crippen molar-refractivity contribution in [3.05, 3.63) is 35.5 Å². The van der Waals surface area contributed by atoms with E-state index in [-0.39, 0.29) is 12.6 Å². The number of benzene rings is 1. The molecule has 6 nitrogen and oxygen atoms in total. The highest BCUT2D eigenvalue weighted by Gasteiger charge is 2.11. The summed E-state index contributed by atoms with van der Waals surface area (Å²) in [6.45, 7) is 4.22. The molecule has 0 bridgehead atoms. The number of hydrogen-bond donors (Lipinski definition) is 1. The first kappa shape index (κ1) is 15.3. The fourth-order valence-corrected chi connectivity index (χ4v) is 1.89. The highest BCUT2D eigenvalue weighted by atomic mass is 16.5. The minimum atomic E-state index is -0.0539. The monoisotopic (exact) mass is 291 g/mol. The van der Waals surface area contributed by atoms with E-state index in [0.717, 1.165) is 18.4 Å². The lowest BCUT2D eigenvalue weighted by atomic mass is 10.1. The zero-order valence-corrected chi connectivity index (χ0v) is 12.6. The number of nitrogens with two attached hydrogens (primary N) is 1. The van der Waals surface area contributed by atoms with Crippen molar-refractivity contribution in [2.45, 2.75) is 39.3 Å². The summed E-state index contributed by atoms with van der Waals surface area (Å²) < 4.78 is 16.1. The van der Waals surface area contributed by atoms with Crippen LogP contribution in [0.25, 0.3) is 0 Å². The van der Waals surface area contributed by atoms with Gasteiger partial charge in [-0.1, -0.05) is 18.1 Å². The van der Waals surface area contributed by atoms with E-state index in [1.807, 2.05) is 25.1 Å². The molecule has 1 heterocycles. The average molecular weight is 291 g/mol. The lowest BCUT2D eigenvalue weighted by molar-refractivity contribution is 0.268. The Morgan fingerprint density at radius 1 is 1.33 bits per heavy atom. The van der Waals surface area contributed by atoms with Gasteiger partial charge in [-0.2, -0.15) is 4.98 Å². The van der Waals surface area contributed by atoms with Gasteiger partial charge in [-0.25, -0.2) is 0 Å². The summed E-state index contributed by atoms with van der Waals surface area (Å²) in [6, 6.07) is 5.58. The van der Waals surface area contributed by atoms with Gasteiger partial charge in [0.15, 0.2) is 18.1 Å². The van der Waals surface area contributed by atoms with Crippen LogP contribution >= 0.6 is 0 Å². The van der Waals surface area contributed by atoms with Crippen LogP contribution in [0.5, 0.6) is 11.5 Å². The zero-order valence-electron chi connectivity index (χ0n) is 12.6. The predicted octanol–water partition coefficient (Wildman–Crippen LogP) is 2.63. The Morgan fingerprint density at radius 3 is 2.81 bits per heavy atom. The Labute approximate surface area is 124 Å². The van der Waals surface area contributed by atoms with Crippen LogP contribution in [0.4, 0.5) is 0 Å². The van der Waals surface area contributed by atoms with Crippen LogP contribution in [0, 0.1) is 0 Å². The van der Waals surface area contributed by atoms with Crippen LogP contribution < -0.4 is 15.2 Å². The molecule has 0 radical (unpaired) electrons. The van der Waals surface area contributed by atoms with Gasteiger partial charge in [-0.05, 0) is 31.0 Å². The van der Waals surface area contributed by atoms with E-state index in [9.17, 15) is 0 Å². The highest BCUT2D eigenvalue weighted by Crippen LogP contribution is 2.30. The molecule has 0 saturated heterocycles. The molecule has 2 aromatic rings. The van der Waals surface area contributed by atoms with Gasteiger partial charge < -0.3 is 19.7 Å². The van der Waals surface area contributed by atoms with Crippen molar-refractivity contribution in [2.24, 2.45) is 5.73 Å². The lowest BCUT2D eigenvalue weighted by Gasteiger charge is -2.12. The maximum absolute atomic E-state index is 5.85. The van der Waals surface area contributed by atoms with Crippen LogP contribution in [0.3, 0.4) is 0 Å². The Balaban J connectivity index is 2.04. The Morgan fingerprint density at radius 2 is 2.14 bits per heavy atom. The SMILES string of the molecule is CCCc1nc(COc2ccc(C(C)N)cc2OC)no1. The third kappa shape index (κ3) is 3.95. The van der Waals surface area contributed by atoms with Crippen molar-refractivity contribution >= 4 is 0 Å². The van der Waals surface area contributed by atoms with Crippen molar-refractivity contribution in [3.63, 3.8) is 0 Å². The summed E-state index contributed by atoms with van der Waals surface area (Å²) in [7, 11) is 1.60. The second-order valence-corrected chi connectivity index (χ2v) is 4.84. The molecule has 21 heavy (non-hydrogen) atoms. The molecule has 1 aromatic heterocycles. The number of ether oxygens (including phenoxy) is 2. The van der Waals surface area contributed by atoms with Gasteiger partial charge >= 0.3 is 0 Å². The molecule has 6 heteroatoms. The normalized spacial score (nSPS) is 12.2. The first-order chi connectivity index (χ1) is 10.1. The van der Waals surface area contributed by atoms with E-state index in [1.54, 1.807) is 7.11 Å². The van der Waals surface area contributed by atoms with Crippen molar-refractivity contribution in [1.82, 2.24) is 10.1 Å². The van der Waals surface area contributed by atoms with Crippen molar-refractivity contribution < 1.29 is 14.0 Å². The summed E-state index contributed by atoms with van der Waals surface area (Å²) in [5.74, 6) is 2.43. The van der Waals surface area contributed by atoms with Gasteiger partial charge in [-0.3, -0.25) is 0 Å². The van der Waals surface area contributed by atoms with Gasteiger partial charge in [0, 0.05) is 12.5 Å². The van der Waals surface area contributed by atoms with Crippen molar-refractivity contribution in [2.75, 3.05) is 7.11 Å². The van der Waals surface area contributed by atoms with Gasteiger partial charge in [0.05, 0.1) is 7.11 Å². The standard InChI is InChI=1S/C15H21N3O3/c1-4-5-15-17-14(18-21-15)9-20-12-7-6-11(10(2)16)8-13(12)19-3/h6-8,10H,4-5,9,16H2,1-3H3. The Hall–Kier alpha value is -2.08. The van der Waals surface area contributed by atoms with E-state index < -0.39 is 0 Å². The van der Waals surface area contributed by atoms with Crippen LogP contribution in [-0.4, -0.2) is 17.3 Å². The fraction of sp³-hybridized carbons (Fsp3) is 0.467. The summed E-state index contributed by atoms with van der Waals surface area (Å²) in [4.78, 5) is 4.25. The van der Waals surface area contributed by atoms with E-state index in [4.69, 9.17) is 19.7 Å². The van der Waals surface area contributed by atoms with E-state index in [0.29, 0.717) is 23.2 Å². The highest BCUT2D eigenvalue weighted by molar-refractivity contribution is 5.43. The molecule has 0 saturated carbocycles. The van der Waals surface area contributed by atoms with Crippen LogP contribution in [0.2, 0.25) is 0 Å². The molecule has 0 amide bonds. The molecule has 1 atom stereocenters. The molecule has 0 aliphatic heterocycles. The van der Waals surface area contributed by atoms with Crippen LogP contribution in [0.15, 0.2) is 22.7 Å². The van der Waals surface area contributed by atoms with Gasteiger partial charge in [-0.15, -0.1) is 0 Å². The number of rotatable bonds is 7. The molecule has 1 unspecified atom stereocenters. The average Bonchev–Trinajstić information content (AvgIpc) is 2.93. The van der Waals surface area contributed by atoms with E-state index in [2.05, 4.69) is 17.1 Å². The maximum Gasteiger partial charge on any atom is 0.226 e. The van der Waals surface area contributed by atoms with E-state index in [1.165, 1.54) is 0 Å². The molecule has 114 valence electrons. The van der Waals surface area contributed by atoms with Crippen molar-refractivity contribution in [3.8, 4) is 11.5 Å². The maximum atomic E-state index is 5.85. The number of aryl methyl sites for hydroxylation is 1. The topological polar surface area (TPSA) is 83.4 Å². The number of hydrogen-bond acceptors (Lipinski definition) is 6. The van der Waals surface area contributed by atoms with Gasteiger partial charge in [0.25, 0.3) is 0 Å². The molecule has 0 aliphatic rings. The lowest BCUT2D eigenvalue weighted by Crippen LogP contribution is -2.06. The van der Waals surface area contributed by atoms with Crippen molar-refractivity contribution in [1.29, 1.82) is 0 Å². The first-order valence-electron chi connectivity index (χ1n) is 7.01. The van der Waals surface area contributed by atoms with Crippen LogP contribution in [0.1, 0.15) is 43.6 Å². The third-order valence-electron chi connectivity index (χ3n) is 3.04. The largest absolute Gasteiger partial charge is 0.493 e. The molecular formula is C15H21N3O3. The summed E-state index contributed by atoms with van der Waals surface area (Å²) in [5, 5.41) is 3.88. The Bertz CT molecular complexity index is 581. The first-order valence-corrected chi connectivity index (χ1v) is 7.01. The smallest absolute Gasteiger partial charge is 0.226 e. The summed E-state index contributed by atoms with van der Waals surface area (Å²) in [6.07, 6.45) is 1.74.